The number of ether oxygens (including phenoxy) is 2. The van der Waals surface area contributed by atoms with E-state index in [-0.39, 0.29) is 18.4 Å². The Balaban J connectivity index is 1.56. The van der Waals surface area contributed by atoms with Gasteiger partial charge in [-0.3, -0.25) is 9.59 Å². The molecule has 0 aromatic heterocycles. The number of aliphatic hydroxyl groups is 1. The topological polar surface area (TPSA) is 109 Å². The zero-order valence-corrected chi connectivity index (χ0v) is 18.0. The fourth-order valence-corrected chi connectivity index (χ4v) is 2.62. The van der Waals surface area contributed by atoms with Crippen molar-refractivity contribution in [1.82, 2.24) is 16.0 Å². The highest BCUT2D eigenvalue weighted by molar-refractivity contribution is 5.73. The Morgan fingerprint density at radius 3 is 1.81 bits per heavy atom. The molecule has 0 bridgehead atoms. The summed E-state index contributed by atoms with van der Waals surface area (Å²) < 4.78 is 11.2. The molecule has 0 saturated carbocycles. The standard InChI is InChI=1S/C23H31N3O5/c1-17(27)25-13-19-3-7-22(8-4-19)30-12-11-24-15-21(29)16-31-23-9-5-20(6-10-23)14-26-18(2)28/h3-10,21,24,29H,11-16H2,1-2H3,(H,25,27)(H,26,28). The van der Waals surface area contributed by atoms with E-state index in [9.17, 15) is 14.7 Å². The number of hydrogen-bond acceptors (Lipinski definition) is 6. The summed E-state index contributed by atoms with van der Waals surface area (Å²) in [5.74, 6) is 1.28. The third kappa shape index (κ3) is 10.5. The summed E-state index contributed by atoms with van der Waals surface area (Å²) in [4.78, 5) is 21.8. The van der Waals surface area contributed by atoms with E-state index in [1.54, 1.807) is 0 Å². The van der Waals surface area contributed by atoms with Gasteiger partial charge < -0.3 is 30.5 Å². The average Bonchev–Trinajstić information content (AvgIpc) is 2.76. The van der Waals surface area contributed by atoms with Crippen molar-refractivity contribution >= 4 is 11.8 Å². The van der Waals surface area contributed by atoms with Gasteiger partial charge in [0.1, 0.15) is 30.8 Å². The van der Waals surface area contributed by atoms with Crippen LogP contribution in [-0.4, -0.2) is 49.3 Å². The Bertz CT molecular complexity index is 809. The van der Waals surface area contributed by atoms with Crippen molar-refractivity contribution in [1.29, 1.82) is 0 Å². The van der Waals surface area contributed by atoms with E-state index in [1.807, 2.05) is 48.5 Å². The predicted octanol–water partition coefficient (Wildman–Crippen LogP) is 1.37. The Hall–Kier alpha value is -3.10. The summed E-state index contributed by atoms with van der Waals surface area (Å²) in [6.07, 6.45) is -0.646. The second-order valence-corrected chi connectivity index (χ2v) is 7.12. The van der Waals surface area contributed by atoms with Crippen molar-refractivity contribution in [2.45, 2.75) is 33.0 Å². The Morgan fingerprint density at radius 1 is 0.839 bits per heavy atom. The molecule has 0 saturated heterocycles. The van der Waals surface area contributed by atoms with Gasteiger partial charge in [0.05, 0.1) is 0 Å². The minimum atomic E-state index is -0.646. The van der Waals surface area contributed by atoms with Crippen molar-refractivity contribution in [3.05, 3.63) is 59.7 Å². The van der Waals surface area contributed by atoms with Crippen molar-refractivity contribution < 1.29 is 24.2 Å². The van der Waals surface area contributed by atoms with Crippen LogP contribution in [0.3, 0.4) is 0 Å². The molecule has 1 atom stereocenters. The summed E-state index contributed by atoms with van der Waals surface area (Å²) in [6, 6.07) is 14.9. The first-order valence-electron chi connectivity index (χ1n) is 10.2. The number of amides is 2. The van der Waals surface area contributed by atoms with E-state index < -0.39 is 6.10 Å². The van der Waals surface area contributed by atoms with Gasteiger partial charge in [-0.1, -0.05) is 24.3 Å². The maximum absolute atomic E-state index is 10.9. The minimum Gasteiger partial charge on any atom is -0.492 e. The Labute approximate surface area is 182 Å². The van der Waals surface area contributed by atoms with Gasteiger partial charge in [0, 0.05) is 40.0 Å². The lowest BCUT2D eigenvalue weighted by atomic mass is 10.2. The highest BCUT2D eigenvalue weighted by Gasteiger charge is 2.05. The fraction of sp³-hybridized carbons (Fsp3) is 0.391. The molecule has 8 nitrogen and oxygen atoms in total. The molecule has 0 aliphatic heterocycles. The lowest BCUT2D eigenvalue weighted by Gasteiger charge is -2.14. The highest BCUT2D eigenvalue weighted by atomic mass is 16.5. The summed E-state index contributed by atoms with van der Waals surface area (Å²) in [6.45, 7) is 5.56. The first kappa shape index (κ1) is 24.2. The predicted molar refractivity (Wildman–Crippen MR) is 118 cm³/mol. The Morgan fingerprint density at radius 2 is 1.32 bits per heavy atom. The lowest BCUT2D eigenvalue weighted by Crippen LogP contribution is -2.33. The van der Waals surface area contributed by atoms with E-state index >= 15 is 0 Å². The fourth-order valence-electron chi connectivity index (χ4n) is 2.62. The van der Waals surface area contributed by atoms with Crippen LogP contribution in [0.15, 0.2) is 48.5 Å². The number of nitrogens with one attached hydrogen (secondary N) is 3. The van der Waals surface area contributed by atoms with Crippen LogP contribution in [0.2, 0.25) is 0 Å². The average molecular weight is 430 g/mol. The second-order valence-electron chi connectivity index (χ2n) is 7.12. The van der Waals surface area contributed by atoms with Crippen LogP contribution < -0.4 is 25.4 Å². The molecule has 2 aromatic carbocycles. The molecule has 2 aromatic rings. The van der Waals surface area contributed by atoms with Crippen LogP contribution in [0.5, 0.6) is 11.5 Å². The SMILES string of the molecule is CC(=O)NCc1ccc(OCCNCC(O)COc2ccc(CNC(C)=O)cc2)cc1. The number of aliphatic hydroxyl groups excluding tert-OH is 1. The van der Waals surface area contributed by atoms with Gasteiger partial charge in [-0.05, 0) is 35.4 Å². The van der Waals surface area contributed by atoms with Gasteiger partial charge in [-0.15, -0.1) is 0 Å². The normalized spacial score (nSPS) is 11.5. The third-order valence-corrected chi connectivity index (χ3v) is 4.30. The number of benzene rings is 2. The van der Waals surface area contributed by atoms with Crippen LogP contribution in [-0.2, 0) is 22.7 Å². The molecule has 8 heteroatoms. The zero-order valence-electron chi connectivity index (χ0n) is 18.0. The van der Waals surface area contributed by atoms with Crippen molar-refractivity contribution in [2.24, 2.45) is 0 Å². The molecule has 168 valence electrons. The van der Waals surface area contributed by atoms with Gasteiger partial charge in [0.15, 0.2) is 0 Å². The molecular weight excluding hydrogens is 398 g/mol. The van der Waals surface area contributed by atoms with E-state index in [1.165, 1.54) is 13.8 Å². The maximum atomic E-state index is 10.9. The molecule has 0 aliphatic carbocycles. The molecule has 0 radical (unpaired) electrons. The minimum absolute atomic E-state index is 0.0596. The van der Waals surface area contributed by atoms with Crippen molar-refractivity contribution in [3.8, 4) is 11.5 Å². The largest absolute Gasteiger partial charge is 0.492 e. The van der Waals surface area contributed by atoms with Crippen LogP contribution in [0.25, 0.3) is 0 Å². The van der Waals surface area contributed by atoms with E-state index in [4.69, 9.17) is 9.47 Å². The molecule has 2 amide bonds. The molecular formula is C23H31N3O5. The number of hydrogen-bond donors (Lipinski definition) is 4. The zero-order chi connectivity index (χ0) is 22.5. The van der Waals surface area contributed by atoms with Crippen LogP contribution in [0.1, 0.15) is 25.0 Å². The third-order valence-electron chi connectivity index (χ3n) is 4.30. The monoisotopic (exact) mass is 429 g/mol. The number of rotatable bonds is 13. The molecule has 0 aliphatic rings. The molecule has 0 heterocycles. The van der Waals surface area contributed by atoms with Gasteiger partial charge in [-0.2, -0.15) is 0 Å². The van der Waals surface area contributed by atoms with Crippen LogP contribution in [0.4, 0.5) is 0 Å². The smallest absolute Gasteiger partial charge is 0.217 e. The quantitative estimate of drug-likeness (QED) is 0.358. The lowest BCUT2D eigenvalue weighted by molar-refractivity contribution is -0.120. The molecule has 1 unspecified atom stereocenters. The first-order valence-corrected chi connectivity index (χ1v) is 10.2. The number of carbonyl (C=O) groups excluding carboxylic acids is 2. The summed E-state index contributed by atoms with van der Waals surface area (Å²) in [5, 5.41) is 18.7. The van der Waals surface area contributed by atoms with Crippen molar-refractivity contribution in [3.63, 3.8) is 0 Å². The molecule has 2 rings (SSSR count). The summed E-state index contributed by atoms with van der Waals surface area (Å²) in [5.41, 5.74) is 1.98. The van der Waals surface area contributed by atoms with Crippen LogP contribution >= 0.6 is 0 Å². The molecule has 0 fully saturated rings. The number of carbonyl (C=O) groups is 2. The molecule has 0 spiro atoms. The molecule has 4 N–H and O–H groups in total. The maximum Gasteiger partial charge on any atom is 0.217 e. The summed E-state index contributed by atoms with van der Waals surface area (Å²) >= 11 is 0. The van der Waals surface area contributed by atoms with E-state index in [0.29, 0.717) is 38.5 Å². The summed E-state index contributed by atoms with van der Waals surface area (Å²) in [7, 11) is 0. The van der Waals surface area contributed by atoms with Gasteiger partial charge in [-0.25, -0.2) is 0 Å². The Kier molecular flexibility index (Phi) is 10.3. The second kappa shape index (κ2) is 13.3. The van der Waals surface area contributed by atoms with Crippen molar-refractivity contribution in [2.75, 3.05) is 26.3 Å². The van der Waals surface area contributed by atoms with Crippen LogP contribution in [0, 0.1) is 0 Å². The van der Waals surface area contributed by atoms with Gasteiger partial charge in [0.2, 0.25) is 11.8 Å². The van der Waals surface area contributed by atoms with E-state index in [0.717, 1.165) is 16.9 Å². The highest BCUT2D eigenvalue weighted by Crippen LogP contribution is 2.13. The molecule has 31 heavy (non-hydrogen) atoms. The van der Waals surface area contributed by atoms with Gasteiger partial charge in [0.25, 0.3) is 0 Å². The first-order chi connectivity index (χ1) is 14.9. The van der Waals surface area contributed by atoms with E-state index in [2.05, 4.69) is 16.0 Å². The van der Waals surface area contributed by atoms with Gasteiger partial charge >= 0.3 is 0 Å².